The van der Waals surface area contributed by atoms with Crippen molar-refractivity contribution in [1.29, 1.82) is 0 Å². The standard InChI is InChI=1S/C24H30N2O2/c1-19-9-10-21(15-20(19)2)16-25-13-6-11-24(12-14-25)18-26(23(27)17-28-24)22-7-4-3-5-8-22/h3-5,7-10,15H,6,11-14,16-18H2,1-2H3. The van der Waals surface area contributed by atoms with Crippen LogP contribution >= 0.6 is 0 Å². The zero-order valence-corrected chi connectivity index (χ0v) is 17.0. The van der Waals surface area contributed by atoms with Gasteiger partial charge in [-0.1, -0.05) is 36.4 Å². The van der Waals surface area contributed by atoms with Crippen LogP contribution in [0.3, 0.4) is 0 Å². The highest BCUT2D eigenvalue weighted by molar-refractivity contribution is 5.95. The minimum Gasteiger partial charge on any atom is -0.363 e. The third-order valence-electron chi connectivity index (χ3n) is 6.28. The molecule has 1 spiro atoms. The second-order valence-corrected chi connectivity index (χ2v) is 8.34. The first-order valence-electron chi connectivity index (χ1n) is 10.3. The summed E-state index contributed by atoms with van der Waals surface area (Å²) in [5.74, 6) is 0.0630. The van der Waals surface area contributed by atoms with Crippen molar-refractivity contribution in [3.63, 3.8) is 0 Å². The lowest BCUT2D eigenvalue weighted by molar-refractivity contribution is -0.140. The molecule has 2 fully saturated rings. The Bertz CT molecular complexity index is 836. The van der Waals surface area contributed by atoms with Gasteiger partial charge in [0.05, 0.1) is 12.1 Å². The Morgan fingerprint density at radius 2 is 1.82 bits per heavy atom. The van der Waals surface area contributed by atoms with E-state index in [4.69, 9.17) is 4.74 Å². The summed E-state index contributed by atoms with van der Waals surface area (Å²) in [7, 11) is 0. The van der Waals surface area contributed by atoms with Crippen LogP contribution in [0.2, 0.25) is 0 Å². The Labute approximate surface area is 168 Å². The maximum Gasteiger partial charge on any atom is 0.253 e. The van der Waals surface area contributed by atoms with Crippen LogP contribution in [0, 0.1) is 13.8 Å². The largest absolute Gasteiger partial charge is 0.363 e. The monoisotopic (exact) mass is 378 g/mol. The molecule has 0 aliphatic carbocycles. The molecule has 2 aliphatic rings. The van der Waals surface area contributed by atoms with E-state index in [1.54, 1.807) is 0 Å². The van der Waals surface area contributed by atoms with E-state index >= 15 is 0 Å². The number of carbonyl (C=O) groups excluding carboxylic acids is 1. The molecule has 0 saturated carbocycles. The van der Waals surface area contributed by atoms with Crippen LogP contribution in [0.1, 0.15) is 36.0 Å². The Balaban J connectivity index is 1.44. The number of ether oxygens (including phenoxy) is 1. The number of para-hydroxylation sites is 1. The first-order chi connectivity index (χ1) is 13.5. The number of likely N-dealkylation sites (tertiary alicyclic amines) is 1. The third-order valence-corrected chi connectivity index (χ3v) is 6.28. The summed E-state index contributed by atoms with van der Waals surface area (Å²) >= 11 is 0. The molecule has 4 nitrogen and oxygen atoms in total. The van der Waals surface area contributed by atoms with Crippen molar-refractivity contribution >= 4 is 11.6 Å². The lowest BCUT2D eigenvalue weighted by Crippen LogP contribution is -2.55. The summed E-state index contributed by atoms with van der Waals surface area (Å²) in [5.41, 5.74) is 4.84. The number of hydrogen-bond donors (Lipinski definition) is 0. The van der Waals surface area contributed by atoms with Gasteiger partial charge in [0.25, 0.3) is 5.91 Å². The van der Waals surface area contributed by atoms with Crippen LogP contribution in [0.5, 0.6) is 0 Å². The van der Waals surface area contributed by atoms with Crippen LogP contribution in [-0.2, 0) is 16.1 Å². The van der Waals surface area contributed by atoms with Gasteiger partial charge in [-0.3, -0.25) is 9.69 Å². The summed E-state index contributed by atoms with van der Waals surface area (Å²) in [6, 6.07) is 16.8. The summed E-state index contributed by atoms with van der Waals surface area (Å²) in [6.45, 7) is 8.26. The average molecular weight is 379 g/mol. The molecule has 2 aliphatic heterocycles. The highest BCUT2D eigenvalue weighted by atomic mass is 16.5. The molecule has 1 unspecified atom stereocenters. The lowest BCUT2D eigenvalue weighted by atomic mass is 9.92. The molecule has 4 heteroatoms. The van der Waals surface area contributed by atoms with Gasteiger partial charge in [-0.15, -0.1) is 0 Å². The maximum absolute atomic E-state index is 12.5. The van der Waals surface area contributed by atoms with Crippen LogP contribution in [0.15, 0.2) is 48.5 Å². The Morgan fingerprint density at radius 3 is 2.61 bits per heavy atom. The van der Waals surface area contributed by atoms with Crippen LogP contribution in [-0.4, -0.2) is 42.6 Å². The van der Waals surface area contributed by atoms with E-state index in [9.17, 15) is 4.79 Å². The van der Waals surface area contributed by atoms with E-state index in [1.165, 1.54) is 16.7 Å². The number of benzene rings is 2. The van der Waals surface area contributed by atoms with Gasteiger partial charge < -0.3 is 9.64 Å². The van der Waals surface area contributed by atoms with E-state index in [0.717, 1.165) is 44.6 Å². The Kier molecular flexibility index (Phi) is 5.51. The van der Waals surface area contributed by atoms with Crippen molar-refractivity contribution < 1.29 is 9.53 Å². The van der Waals surface area contributed by atoms with E-state index in [0.29, 0.717) is 6.54 Å². The molecule has 28 heavy (non-hydrogen) atoms. The van der Waals surface area contributed by atoms with Gasteiger partial charge in [-0.2, -0.15) is 0 Å². The number of amides is 1. The summed E-state index contributed by atoms with van der Waals surface area (Å²) in [4.78, 5) is 16.9. The fourth-order valence-electron chi connectivity index (χ4n) is 4.40. The quantitative estimate of drug-likeness (QED) is 0.806. The van der Waals surface area contributed by atoms with E-state index < -0.39 is 0 Å². The van der Waals surface area contributed by atoms with Crippen molar-refractivity contribution in [2.45, 2.75) is 45.3 Å². The fraction of sp³-hybridized carbons (Fsp3) is 0.458. The smallest absolute Gasteiger partial charge is 0.253 e. The number of rotatable bonds is 3. The second-order valence-electron chi connectivity index (χ2n) is 8.34. The summed E-state index contributed by atoms with van der Waals surface area (Å²) in [6.07, 6.45) is 3.07. The summed E-state index contributed by atoms with van der Waals surface area (Å²) < 4.78 is 6.17. The number of aryl methyl sites for hydroxylation is 2. The number of carbonyl (C=O) groups is 1. The van der Waals surface area contributed by atoms with Crippen LogP contribution in [0.25, 0.3) is 0 Å². The highest BCUT2D eigenvalue weighted by Gasteiger charge is 2.41. The van der Waals surface area contributed by atoms with Crippen molar-refractivity contribution in [3.8, 4) is 0 Å². The third kappa shape index (κ3) is 4.13. The number of anilines is 1. The van der Waals surface area contributed by atoms with Gasteiger partial charge in [0.1, 0.15) is 6.61 Å². The van der Waals surface area contributed by atoms with Gasteiger partial charge in [0.2, 0.25) is 0 Å². The SMILES string of the molecule is Cc1ccc(CN2CCCC3(CC2)CN(c2ccccc2)C(=O)CO3)cc1C. The fourth-order valence-corrected chi connectivity index (χ4v) is 4.40. The summed E-state index contributed by atoms with van der Waals surface area (Å²) in [5, 5.41) is 0. The van der Waals surface area contributed by atoms with Crippen LogP contribution in [0.4, 0.5) is 5.69 Å². The Morgan fingerprint density at radius 1 is 1.00 bits per heavy atom. The van der Waals surface area contributed by atoms with Gasteiger partial charge in [0, 0.05) is 18.8 Å². The predicted octanol–water partition coefficient (Wildman–Crippen LogP) is 4.09. The van der Waals surface area contributed by atoms with E-state index in [1.807, 2.05) is 35.2 Å². The number of morpholine rings is 1. The minimum absolute atomic E-state index is 0.0630. The van der Waals surface area contributed by atoms with E-state index in [2.05, 4.69) is 36.9 Å². The highest BCUT2D eigenvalue weighted by Crippen LogP contribution is 2.33. The topological polar surface area (TPSA) is 32.8 Å². The minimum atomic E-state index is -0.221. The van der Waals surface area contributed by atoms with Crippen LogP contribution < -0.4 is 4.90 Å². The van der Waals surface area contributed by atoms with Crippen molar-refractivity contribution in [2.75, 3.05) is 31.1 Å². The molecule has 148 valence electrons. The van der Waals surface area contributed by atoms with Gasteiger partial charge >= 0.3 is 0 Å². The normalized spacial score (nSPS) is 23.8. The lowest BCUT2D eigenvalue weighted by Gasteiger charge is -2.42. The number of hydrogen-bond acceptors (Lipinski definition) is 3. The molecule has 1 atom stereocenters. The molecule has 2 aromatic carbocycles. The predicted molar refractivity (Wildman–Crippen MR) is 113 cm³/mol. The molecular formula is C24H30N2O2. The molecule has 0 aromatic heterocycles. The Hall–Kier alpha value is -2.17. The molecule has 0 N–H and O–H groups in total. The second kappa shape index (κ2) is 8.06. The molecule has 0 radical (unpaired) electrons. The molecule has 2 aromatic rings. The molecule has 2 saturated heterocycles. The van der Waals surface area contributed by atoms with Gasteiger partial charge in [0.15, 0.2) is 0 Å². The number of nitrogens with zero attached hydrogens (tertiary/aromatic N) is 2. The van der Waals surface area contributed by atoms with Gasteiger partial charge in [-0.05, 0) is 68.5 Å². The molecule has 1 amide bonds. The molecule has 2 heterocycles. The first-order valence-corrected chi connectivity index (χ1v) is 10.3. The molecule has 0 bridgehead atoms. The average Bonchev–Trinajstić information content (AvgIpc) is 2.90. The first kappa shape index (κ1) is 19.2. The molecule has 4 rings (SSSR count). The van der Waals surface area contributed by atoms with E-state index in [-0.39, 0.29) is 18.1 Å². The zero-order valence-electron chi connectivity index (χ0n) is 17.0. The van der Waals surface area contributed by atoms with Crippen molar-refractivity contribution in [1.82, 2.24) is 4.90 Å². The van der Waals surface area contributed by atoms with Gasteiger partial charge in [-0.25, -0.2) is 0 Å². The molecular weight excluding hydrogens is 348 g/mol. The zero-order chi connectivity index (χ0) is 19.6. The van der Waals surface area contributed by atoms with Crippen molar-refractivity contribution in [2.24, 2.45) is 0 Å². The maximum atomic E-state index is 12.5. The van der Waals surface area contributed by atoms with Crippen molar-refractivity contribution in [3.05, 3.63) is 65.2 Å².